The summed E-state index contributed by atoms with van der Waals surface area (Å²) < 4.78 is 0. The number of carboxylic acid groups (broad SMARTS) is 1. The molecule has 6 heteroatoms. The van der Waals surface area contributed by atoms with Gasteiger partial charge in [0.1, 0.15) is 0 Å². The van der Waals surface area contributed by atoms with Crippen LogP contribution in [0.2, 0.25) is 0 Å². The van der Waals surface area contributed by atoms with E-state index in [1.807, 2.05) is 51.3 Å². The highest BCUT2D eigenvalue weighted by atomic mass is 32.2. The number of carbonyl (C=O) groups is 2. The molecule has 116 valence electrons. The van der Waals surface area contributed by atoms with Gasteiger partial charge in [0.25, 0.3) is 0 Å². The molecule has 1 rings (SSSR count). The van der Waals surface area contributed by atoms with Crippen molar-refractivity contribution in [2.24, 2.45) is 0 Å². The summed E-state index contributed by atoms with van der Waals surface area (Å²) in [7, 11) is 0. The van der Waals surface area contributed by atoms with Crippen LogP contribution in [0.3, 0.4) is 0 Å². The Bertz CT molecular complexity index is 512. The molecule has 0 aromatic heterocycles. The van der Waals surface area contributed by atoms with Gasteiger partial charge >= 0.3 is 5.97 Å². The van der Waals surface area contributed by atoms with Gasteiger partial charge in [-0.2, -0.15) is 0 Å². The second-order valence-corrected chi connectivity index (χ2v) is 6.52. The number of nitrogens with zero attached hydrogens (tertiary/aromatic N) is 1. The average molecular weight is 310 g/mol. The number of carbonyl (C=O) groups excluding carboxylic acids is 1. The Morgan fingerprint density at radius 1 is 1.24 bits per heavy atom. The molecule has 21 heavy (non-hydrogen) atoms. The van der Waals surface area contributed by atoms with E-state index in [1.165, 1.54) is 0 Å². The van der Waals surface area contributed by atoms with Crippen molar-refractivity contribution >= 4 is 29.3 Å². The number of hydrogen-bond acceptors (Lipinski definition) is 4. The molecule has 0 saturated heterocycles. The quantitative estimate of drug-likeness (QED) is 0.790. The van der Waals surface area contributed by atoms with Gasteiger partial charge < -0.3 is 10.4 Å². The van der Waals surface area contributed by atoms with Crippen LogP contribution in [0.4, 0.5) is 5.69 Å². The van der Waals surface area contributed by atoms with Crippen LogP contribution in [0.25, 0.3) is 0 Å². The number of amides is 1. The summed E-state index contributed by atoms with van der Waals surface area (Å²) in [6.45, 7) is 5.54. The fourth-order valence-electron chi connectivity index (χ4n) is 1.80. The van der Waals surface area contributed by atoms with Crippen molar-refractivity contribution in [3.8, 4) is 0 Å². The molecule has 0 saturated carbocycles. The molecule has 0 bridgehead atoms. The monoisotopic (exact) mass is 310 g/mol. The van der Waals surface area contributed by atoms with E-state index >= 15 is 0 Å². The number of hydrogen-bond donors (Lipinski definition) is 2. The Hall–Kier alpha value is -1.53. The van der Waals surface area contributed by atoms with Crippen molar-refractivity contribution in [1.29, 1.82) is 0 Å². The van der Waals surface area contributed by atoms with E-state index in [0.717, 1.165) is 10.6 Å². The van der Waals surface area contributed by atoms with E-state index in [1.54, 1.807) is 16.7 Å². The zero-order valence-electron chi connectivity index (χ0n) is 12.8. The van der Waals surface area contributed by atoms with Gasteiger partial charge in [-0.3, -0.25) is 14.5 Å². The molecule has 5 nitrogen and oxygen atoms in total. The van der Waals surface area contributed by atoms with Crippen molar-refractivity contribution in [1.82, 2.24) is 4.90 Å². The first kappa shape index (κ1) is 17.5. The van der Waals surface area contributed by atoms with Crippen LogP contribution >= 0.6 is 11.8 Å². The van der Waals surface area contributed by atoms with Crippen molar-refractivity contribution in [2.75, 3.05) is 24.7 Å². The minimum Gasteiger partial charge on any atom is -0.480 e. The highest BCUT2D eigenvalue weighted by Crippen LogP contribution is 2.24. The fraction of sp³-hybridized carbons (Fsp3) is 0.467. The molecule has 0 heterocycles. The van der Waals surface area contributed by atoms with Gasteiger partial charge in [0.05, 0.1) is 18.8 Å². The third-order valence-corrected chi connectivity index (χ3v) is 3.79. The van der Waals surface area contributed by atoms with Crippen LogP contribution in [0.15, 0.2) is 29.2 Å². The molecule has 2 N–H and O–H groups in total. The van der Waals surface area contributed by atoms with Gasteiger partial charge in [0, 0.05) is 10.4 Å². The number of anilines is 1. The number of thioether (sulfide) groups is 1. The van der Waals surface area contributed by atoms with Crippen molar-refractivity contribution < 1.29 is 14.7 Å². The maximum Gasteiger partial charge on any atom is 0.317 e. The molecular weight excluding hydrogens is 288 g/mol. The molecule has 0 radical (unpaired) electrons. The van der Waals surface area contributed by atoms with E-state index in [0.29, 0.717) is 0 Å². The Morgan fingerprint density at radius 3 is 2.38 bits per heavy atom. The zero-order chi connectivity index (χ0) is 16.0. The zero-order valence-corrected chi connectivity index (χ0v) is 13.7. The lowest BCUT2D eigenvalue weighted by molar-refractivity contribution is -0.140. The summed E-state index contributed by atoms with van der Waals surface area (Å²) in [5, 5.41) is 11.8. The van der Waals surface area contributed by atoms with Crippen LogP contribution in [0.1, 0.15) is 20.8 Å². The number of carboxylic acids is 1. The van der Waals surface area contributed by atoms with Gasteiger partial charge in [-0.05, 0) is 39.2 Å². The summed E-state index contributed by atoms with van der Waals surface area (Å²) in [5.41, 5.74) is 0.355. The Kier molecular flexibility index (Phi) is 6.23. The van der Waals surface area contributed by atoms with E-state index in [-0.39, 0.29) is 19.0 Å². The van der Waals surface area contributed by atoms with E-state index in [9.17, 15) is 9.59 Å². The lowest BCUT2D eigenvalue weighted by Crippen LogP contribution is -2.48. The lowest BCUT2D eigenvalue weighted by Gasteiger charge is -2.33. The molecule has 1 aromatic carbocycles. The summed E-state index contributed by atoms with van der Waals surface area (Å²) in [4.78, 5) is 25.7. The van der Waals surface area contributed by atoms with E-state index < -0.39 is 11.5 Å². The first-order valence-electron chi connectivity index (χ1n) is 6.63. The molecule has 0 aliphatic carbocycles. The van der Waals surface area contributed by atoms with E-state index in [2.05, 4.69) is 5.32 Å². The summed E-state index contributed by atoms with van der Waals surface area (Å²) in [5.74, 6) is -1.16. The van der Waals surface area contributed by atoms with Gasteiger partial charge in [0.15, 0.2) is 0 Å². The largest absolute Gasteiger partial charge is 0.480 e. The van der Waals surface area contributed by atoms with Crippen LogP contribution < -0.4 is 5.32 Å². The number of benzene rings is 1. The first-order chi connectivity index (χ1) is 9.74. The highest BCUT2D eigenvalue weighted by molar-refractivity contribution is 7.98. The minimum absolute atomic E-state index is 0.0402. The van der Waals surface area contributed by atoms with Gasteiger partial charge in [-0.25, -0.2) is 0 Å². The van der Waals surface area contributed by atoms with Crippen molar-refractivity contribution in [3.63, 3.8) is 0 Å². The Morgan fingerprint density at radius 2 is 1.86 bits per heavy atom. The molecule has 0 fully saturated rings. The van der Waals surface area contributed by atoms with Gasteiger partial charge in [0.2, 0.25) is 5.91 Å². The molecule has 0 aliphatic heterocycles. The number of aliphatic carboxylic acids is 1. The molecule has 0 atom stereocenters. The normalized spacial score (nSPS) is 11.5. The second-order valence-electron chi connectivity index (χ2n) is 5.67. The minimum atomic E-state index is -0.942. The van der Waals surface area contributed by atoms with Crippen LogP contribution in [0, 0.1) is 0 Å². The molecule has 0 unspecified atom stereocenters. The molecule has 1 amide bonds. The third-order valence-electron chi connectivity index (χ3n) is 2.99. The van der Waals surface area contributed by atoms with Crippen LogP contribution in [0.5, 0.6) is 0 Å². The molecular formula is C15H22N2O3S. The molecule has 1 aromatic rings. The standard InChI is InChI=1S/C15H22N2O3S/c1-15(2,3)17(10-14(19)20)9-13(18)16-11-7-5-6-8-12(11)21-4/h5-8H,9-10H2,1-4H3,(H,16,18)(H,19,20). The van der Waals surface area contributed by atoms with Gasteiger partial charge in [-0.1, -0.05) is 12.1 Å². The van der Waals surface area contributed by atoms with Crippen LogP contribution in [-0.4, -0.2) is 46.8 Å². The topological polar surface area (TPSA) is 69.6 Å². The SMILES string of the molecule is CSc1ccccc1NC(=O)CN(CC(=O)O)C(C)(C)C. The summed E-state index contributed by atoms with van der Waals surface area (Å²) in [6.07, 6.45) is 1.94. The number of nitrogens with one attached hydrogen (secondary N) is 1. The fourth-order valence-corrected chi connectivity index (χ4v) is 2.36. The third kappa shape index (κ3) is 5.77. The summed E-state index contributed by atoms with van der Waals surface area (Å²) >= 11 is 1.55. The van der Waals surface area contributed by atoms with Crippen molar-refractivity contribution in [2.45, 2.75) is 31.2 Å². The summed E-state index contributed by atoms with van der Waals surface area (Å²) in [6, 6.07) is 7.53. The number of para-hydroxylation sites is 1. The molecule has 0 aliphatic rings. The smallest absolute Gasteiger partial charge is 0.317 e. The maximum absolute atomic E-state index is 12.2. The average Bonchev–Trinajstić information content (AvgIpc) is 2.37. The predicted octanol–water partition coefficient (Wildman–Crippen LogP) is 2.53. The van der Waals surface area contributed by atoms with Gasteiger partial charge in [-0.15, -0.1) is 11.8 Å². The molecule has 0 spiro atoms. The second kappa shape index (κ2) is 7.47. The van der Waals surface area contributed by atoms with E-state index in [4.69, 9.17) is 5.11 Å². The highest BCUT2D eigenvalue weighted by Gasteiger charge is 2.25. The number of rotatable bonds is 6. The van der Waals surface area contributed by atoms with Crippen molar-refractivity contribution in [3.05, 3.63) is 24.3 Å². The lowest BCUT2D eigenvalue weighted by atomic mass is 10.1. The van der Waals surface area contributed by atoms with Crippen LogP contribution in [-0.2, 0) is 9.59 Å². The first-order valence-corrected chi connectivity index (χ1v) is 7.86. The maximum atomic E-state index is 12.2. The predicted molar refractivity (Wildman–Crippen MR) is 85.8 cm³/mol. The Labute approximate surface area is 129 Å². The Balaban J connectivity index is 2.76.